The normalized spacial score (nSPS) is 11.4. The van der Waals surface area contributed by atoms with Crippen molar-refractivity contribution in [3.63, 3.8) is 0 Å². The van der Waals surface area contributed by atoms with Gasteiger partial charge in [-0.1, -0.05) is 97.1 Å². The Morgan fingerprint density at radius 3 is 1.88 bits per heavy atom. The van der Waals surface area contributed by atoms with Crippen LogP contribution in [-0.4, -0.2) is 24.9 Å². The fourth-order valence-corrected chi connectivity index (χ4v) is 5.29. The second-order valence-corrected chi connectivity index (χ2v) is 9.76. The van der Waals surface area contributed by atoms with E-state index in [4.69, 9.17) is 29.3 Å². The predicted molar refractivity (Wildman–Crippen MR) is 162 cm³/mol. The van der Waals surface area contributed by atoms with Crippen LogP contribution in [0.1, 0.15) is 0 Å². The van der Waals surface area contributed by atoms with Gasteiger partial charge in [0.25, 0.3) is 0 Å². The highest BCUT2D eigenvalue weighted by Gasteiger charge is 2.17. The molecular weight excluding hydrogens is 506 g/mol. The van der Waals surface area contributed by atoms with Crippen molar-refractivity contribution in [3.8, 4) is 45.4 Å². The molecule has 0 aliphatic carbocycles. The summed E-state index contributed by atoms with van der Waals surface area (Å²) in [7, 11) is 0. The average Bonchev–Trinajstić information content (AvgIpc) is 3.43. The van der Waals surface area contributed by atoms with Crippen molar-refractivity contribution < 1.29 is 4.42 Å². The van der Waals surface area contributed by atoms with Crippen molar-refractivity contribution in [1.82, 2.24) is 24.9 Å². The van der Waals surface area contributed by atoms with Crippen LogP contribution < -0.4 is 0 Å². The molecule has 0 atom stereocenters. The van der Waals surface area contributed by atoms with Crippen molar-refractivity contribution >= 4 is 32.8 Å². The number of hydrogen-bond acceptors (Lipinski definition) is 6. The van der Waals surface area contributed by atoms with Gasteiger partial charge in [0.1, 0.15) is 5.58 Å². The Labute approximate surface area is 235 Å². The average molecular weight is 528 g/mol. The third-order valence-corrected chi connectivity index (χ3v) is 7.25. The molecule has 0 saturated heterocycles. The van der Waals surface area contributed by atoms with Gasteiger partial charge in [-0.25, -0.2) is 15.0 Å². The van der Waals surface area contributed by atoms with Gasteiger partial charge < -0.3 is 4.42 Å². The van der Waals surface area contributed by atoms with E-state index in [0.29, 0.717) is 17.5 Å². The first-order valence-electron chi connectivity index (χ1n) is 13.3. The molecule has 0 aliphatic rings. The van der Waals surface area contributed by atoms with E-state index in [0.717, 1.165) is 60.8 Å². The van der Waals surface area contributed by atoms with Crippen LogP contribution in [0.4, 0.5) is 0 Å². The quantitative estimate of drug-likeness (QED) is 0.229. The number of fused-ring (bicyclic) bond motifs is 4. The minimum absolute atomic E-state index is 0.589. The minimum Gasteiger partial charge on any atom is -0.454 e. The Balaban J connectivity index is 1.33. The molecule has 4 heterocycles. The Bertz CT molecular complexity index is 2150. The van der Waals surface area contributed by atoms with Crippen LogP contribution in [0.3, 0.4) is 0 Å². The Hall–Kier alpha value is -5.75. The standard InChI is InChI=1S/C35H21N5O/c1-3-10-22(11-4-1)33-38-34(23-12-5-2-6-13-23)40-35(39-33)26-18-19-36-32-25(26)15-9-16-27(32)29-20-28-24-14-7-8-17-30(24)41-31(28)21-37-29/h1-21H. The van der Waals surface area contributed by atoms with Crippen molar-refractivity contribution in [2.75, 3.05) is 0 Å². The number of aromatic nitrogens is 5. The summed E-state index contributed by atoms with van der Waals surface area (Å²) < 4.78 is 6.00. The second-order valence-electron chi connectivity index (χ2n) is 9.76. The van der Waals surface area contributed by atoms with Gasteiger partial charge in [0.05, 0.1) is 17.4 Å². The molecule has 4 aromatic carbocycles. The molecule has 0 spiro atoms. The lowest BCUT2D eigenvalue weighted by Crippen LogP contribution is -2.01. The lowest BCUT2D eigenvalue weighted by Gasteiger charge is -2.11. The molecule has 0 saturated carbocycles. The fourth-order valence-electron chi connectivity index (χ4n) is 5.29. The number of hydrogen-bond donors (Lipinski definition) is 0. The summed E-state index contributed by atoms with van der Waals surface area (Å²) in [6.45, 7) is 0. The van der Waals surface area contributed by atoms with Gasteiger partial charge in [-0.15, -0.1) is 0 Å². The summed E-state index contributed by atoms with van der Waals surface area (Å²) in [6, 6.07) is 38.2. The summed E-state index contributed by atoms with van der Waals surface area (Å²) in [4.78, 5) is 24.3. The van der Waals surface area contributed by atoms with Crippen LogP contribution in [0.25, 0.3) is 78.3 Å². The largest absolute Gasteiger partial charge is 0.454 e. The summed E-state index contributed by atoms with van der Waals surface area (Å²) in [5.74, 6) is 1.83. The Kier molecular flexibility index (Phi) is 5.35. The van der Waals surface area contributed by atoms with Crippen LogP contribution in [0.5, 0.6) is 0 Å². The lowest BCUT2D eigenvalue weighted by molar-refractivity contribution is 0.667. The van der Waals surface area contributed by atoms with Crippen LogP contribution in [0.2, 0.25) is 0 Å². The predicted octanol–water partition coefficient (Wildman–Crippen LogP) is 8.38. The molecular formula is C35H21N5O. The van der Waals surface area contributed by atoms with Gasteiger partial charge >= 0.3 is 0 Å². The summed E-state index contributed by atoms with van der Waals surface area (Å²) in [5.41, 5.74) is 6.92. The molecule has 0 aliphatic heterocycles. The van der Waals surface area contributed by atoms with Crippen LogP contribution in [-0.2, 0) is 0 Å². The maximum absolute atomic E-state index is 6.00. The van der Waals surface area contributed by atoms with E-state index in [-0.39, 0.29) is 0 Å². The third-order valence-electron chi connectivity index (χ3n) is 7.25. The summed E-state index contributed by atoms with van der Waals surface area (Å²) >= 11 is 0. The molecule has 0 unspecified atom stereocenters. The molecule has 8 aromatic rings. The molecule has 0 N–H and O–H groups in total. The smallest absolute Gasteiger partial charge is 0.164 e. The lowest BCUT2D eigenvalue weighted by atomic mass is 10.0. The van der Waals surface area contributed by atoms with Gasteiger partial charge in [0.15, 0.2) is 23.1 Å². The van der Waals surface area contributed by atoms with Gasteiger partial charge in [-0.05, 0) is 18.2 Å². The first-order valence-corrected chi connectivity index (χ1v) is 13.3. The first-order chi connectivity index (χ1) is 20.3. The number of para-hydroxylation sites is 2. The van der Waals surface area contributed by atoms with Crippen molar-refractivity contribution in [1.29, 1.82) is 0 Å². The summed E-state index contributed by atoms with van der Waals surface area (Å²) in [6.07, 6.45) is 3.60. The maximum Gasteiger partial charge on any atom is 0.164 e. The highest BCUT2D eigenvalue weighted by Crippen LogP contribution is 2.35. The van der Waals surface area contributed by atoms with E-state index < -0.39 is 0 Å². The first kappa shape index (κ1) is 23.2. The van der Waals surface area contributed by atoms with Gasteiger partial charge in [-0.3, -0.25) is 9.97 Å². The monoisotopic (exact) mass is 527 g/mol. The Morgan fingerprint density at radius 1 is 0.463 bits per heavy atom. The van der Waals surface area contributed by atoms with Gasteiger partial charge in [0, 0.05) is 44.6 Å². The third kappa shape index (κ3) is 4.01. The minimum atomic E-state index is 0.589. The van der Waals surface area contributed by atoms with Gasteiger partial charge in [0.2, 0.25) is 0 Å². The van der Waals surface area contributed by atoms with Crippen LogP contribution in [0, 0.1) is 0 Å². The highest BCUT2D eigenvalue weighted by molar-refractivity contribution is 6.07. The van der Waals surface area contributed by atoms with Crippen LogP contribution in [0.15, 0.2) is 132 Å². The maximum atomic E-state index is 6.00. The molecule has 0 bridgehead atoms. The molecule has 6 nitrogen and oxygen atoms in total. The van der Waals surface area contributed by atoms with Crippen molar-refractivity contribution in [2.45, 2.75) is 0 Å². The second kappa shape index (κ2) is 9.47. The Morgan fingerprint density at radius 2 is 1.12 bits per heavy atom. The zero-order valence-corrected chi connectivity index (χ0v) is 21.8. The fraction of sp³-hybridized carbons (Fsp3) is 0. The van der Waals surface area contributed by atoms with E-state index in [1.807, 2.05) is 97.1 Å². The molecule has 0 radical (unpaired) electrons. The number of benzene rings is 4. The van der Waals surface area contributed by atoms with E-state index in [1.165, 1.54) is 0 Å². The van der Waals surface area contributed by atoms with E-state index in [2.05, 4.69) is 18.2 Å². The number of rotatable bonds is 4. The van der Waals surface area contributed by atoms with E-state index in [9.17, 15) is 0 Å². The topological polar surface area (TPSA) is 77.6 Å². The van der Waals surface area contributed by atoms with Crippen LogP contribution >= 0.6 is 0 Å². The number of pyridine rings is 2. The van der Waals surface area contributed by atoms with Gasteiger partial charge in [-0.2, -0.15) is 0 Å². The molecule has 8 rings (SSSR count). The molecule has 0 fully saturated rings. The van der Waals surface area contributed by atoms with Crippen molar-refractivity contribution in [3.05, 3.63) is 128 Å². The molecule has 4 aromatic heterocycles. The zero-order chi connectivity index (χ0) is 27.2. The highest BCUT2D eigenvalue weighted by atomic mass is 16.3. The molecule has 41 heavy (non-hydrogen) atoms. The number of nitrogens with zero attached hydrogens (tertiary/aromatic N) is 5. The SMILES string of the molecule is c1ccc(-c2nc(-c3ccccc3)nc(-c3ccnc4c(-c5cc6c(cn5)oc5ccccc56)cccc34)n2)cc1. The van der Waals surface area contributed by atoms with E-state index >= 15 is 0 Å². The molecule has 0 amide bonds. The van der Waals surface area contributed by atoms with Crippen molar-refractivity contribution in [2.24, 2.45) is 0 Å². The summed E-state index contributed by atoms with van der Waals surface area (Å²) in [5, 5.41) is 3.02. The molecule has 6 heteroatoms. The van der Waals surface area contributed by atoms with E-state index in [1.54, 1.807) is 12.4 Å². The number of furan rings is 1. The molecule has 192 valence electrons. The zero-order valence-electron chi connectivity index (χ0n) is 21.8.